The first-order chi connectivity index (χ1) is 2.27. The van der Waals surface area contributed by atoms with Gasteiger partial charge in [0.05, 0.1) is 0 Å². The van der Waals surface area contributed by atoms with Gasteiger partial charge in [0.15, 0.2) is 0 Å². The molecule has 0 amide bonds. The van der Waals surface area contributed by atoms with Crippen LogP contribution in [0.25, 0.3) is 0 Å². The van der Waals surface area contributed by atoms with Gasteiger partial charge < -0.3 is 0 Å². The van der Waals surface area contributed by atoms with E-state index in [1.54, 1.807) is 0 Å². The van der Waals surface area contributed by atoms with Crippen LogP contribution in [0.4, 0.5) is 0 Å². The molecule has 2 nitrogen and oxygen atoms in total. The highest BCUT2D eigenvalue weighted by atomic mass is 16.5. The first kappa shape index (κ1) is 4.50. The zero-order valence-electron chi connectivity index (χ0n) is 3.18. The molecule has 1 N–H and O–H groups in total. The molecule has 0 spiro atoms. The fourth-order valence-electron chi connectivity index (χ4n) is 0. The van der Waals surface area contributed by atoms with Gasteiger partial charge in [-0.1, -0.05) is 6.58 Å². The molecular weight excluding hydrogens is 66.0 g/mol. The summed E-state index contributed by atoms with van der Waals surface area (Å²) in [6.45, 7) is 3.24. The van der Waals surface area contributed by atoms with Crippen molar-refractivity contribution in [3.63, 3.8) is 0 Å². The Kier molecular flexibility index (Phi) is 1.61. The third-order valence-corrected chi connectivity index (χ3v) is 0.264. The van der Waals surface area contributed by atoms with Crippen LogP contribution >= 0.6 is 0 Å². The van der Waals surface area contributed by atoms with E-state index in [0.717, 1.165) is 5.06 Å². The van der Waals surface area contributed by atoms with Crippen molar-refractivity contribution >= 4 is 0 Å². The first-order valence-electron chi connectivity index (χ1n) is 1.31. The van der Waals surface area contributed by atoms with Gasteiger partial charge in [0.2, 0.25) is 0 Å². The van der Waals surface area contributed by atoms with E-state index < -0.39 is 0 Å². The molecule has 0 atom stereocenters. The lowest BCUT2D eigenvalue weighted by molar-refractivity contribution is -0.0124. The lowest BCUT2D eigenvalue weighted by Gasteiger charge is -1.95. The van der Waals surface area contributed by atoms with Crippen molar-refractivity contribution in [3.8, 4) is 0 Å². The molecule has 0 saturated carbocycles. The maximum Gasteiger partial charge on any atom is 0.0334 e. The van der Waals surface area contributed by atoms with E-state index in [9.17, 15) is 0 Å². The fraction of sp³-hybridized carbons (Fsp3) is 0.333. The summed E-state index contributed by atoms with van der Waals surface area (Å²) < 4.78 is 0. The van der Waals surface area contributed by atoms with Gasteiger partial charge in [0.1, 0.15) is 0 Å². The molecule has 0 saturated heterocycles. The molecule has 0 aromatic carbocycles. The monoisotopic (exact) mass is 73.1 g/mol. The largest absolute Gasteiger partial charge is 0.289 e. The lowest BCUT2D eigenvalue weighted by Crippen LogP contribution is -1.99. The van der Waals surface area contributed by atoms with E-state index in [1.807, 2.05) is 0 Å². The zero-order chi connectivity index (χ0) is 4.28. The summed E-state index contributed by atoms with van der Waals surface area (Å²) >= 11 is 0. The Morgan fingerprint density at radius 3 is 2.20 bits per heavy atom. The number of hydroxylamine groups is 2. The molecule has 0 aromatic heterocycles. The van der Waals surface area contributed by atoms with Gasteiger partial charge in [-0.05, 0) is 0 Å². The number of rotatable bonds is 1. The van der Waals surface area contributed by atoms with Crippen LogP contribution in [0, 0.1) is 0 Å². The van der Waals surface area contributed by atoms with E-state index >= 15 is 0 Å². The third kappa shape index (κ3) is 3.50. The minimum atomic E-state index is 0.889. The highest BCUT2D eigenvalue weighted by molar-refractivity contribution is 4.54. The quantitative estimate of drug-likeness (QED) is 0.455. The molecule has 0 fully saturated rings. The Morgan fingerprint density at radius 2 is 2.20 bits per heavy atom. The van der Waals surface area contributed by atoms with Crippen molar-refractivity contribution in [1.82, 2.24) is 5.06 Å². The molecule has 0 heterocycles. The number of nitrogens with zero attached hydrogens (tertiary/aromatic N) is 1. The molecule has 0 aromatic rings. The second kappa shape index (κ2) is 1.79. The molecule has 0 aliphatic rings. The molecular formula is C3H7NO. The van der Waals surface area contributed by atoms with Crippen molar-refractivity contribution in [2.75, 3.05) is 7.05 Å². The Labute approximate surface area is 31.3 Å². The third-order valence-electron chi connectivity index (χ3n) is 0.264. The Balaban J connectivity index is 2.83. The predicted molar refractivity (Wildman–Crippen MR) is 19.7 cm³/mol. The molecule has 2 heteroatoms. The molecule has 0 aliphatic heterocycles. The minimum absolute atomic E-state index is 0.889. The molecule has 0 aliphatic carbocycles. The summed E-state index contributed by atoms with van der Waals surface area (Å²) in [5.74, 6) is 0. The van der Waals surface area contributed by atoms with Crippen LogP contribution < -0.4 is 0 Å². The molecule has 0 unspecified atom stereocenters. The van der Waals surface area contributed by atoms with E-state index in [0.29, 0.717) is 0 Å². The van der Waals surface area contributed by atoms with Crippen LogP contribution in [0.3, 0.4) is 0 Å². The second-order valence-corrected chi connectivity index (χ2v) is 0.756. The average molecular weight is 73.1 g/mol. The van der Waals surface area contributed by atoms with E-state index in [-0.39, 0.29) is 0 Å². The lowest BCUT2D eigenvalue weighted by atomic mass is 11.0. The maximum atomic E-state index is 8.08. The summed E-state index contributed by atoms with van der Waals surface area (Å²) in [7, 11) is 1.49. The smallest absolute Gasteiger partial charge is 0.0334 e. The van der Waals surface area contributed by atoms with Crippen LogP contribution in [0.5, 0.6) is 0 Å². The van der Waals surface area contributed by atoms with Gasteiger partial charge in [-0.2, -0.15) is 0 Å². The Bertz CT molecular complexity index is 33.9. The summed E-state index contributed by atoms with van der Waals surface area (Å²) in [6, 6.07) is 0. The number of hydrogen-bond acceptors (Lipinski definition) is 2. The maximum absolute atomic E-state index is 8.08. The van der Waals surface area contributed by atoms with Crippen molar-refractivity contribution in [1.29, 1.82) is 0 Å². The summed E-state index contributed by atoms with van der Waals surface area (Å²) in [5, 5.41) is 8.97. The van der Waals surface area contributed by atoms with Gasteiger partial charge in [0, 0.05) is 13.2 Å². The van der Waals surface area contributed by atoms with E-state index in [2.05, 4.69) is 6.58 Å². The Hall–Kier alpha value is -0.500. The van der Waals surface area contributed by atoms with Crippen LogP contribution in [0.15, 0.2) is 12.8 Å². The normalized spacial score (nSPS) is 6.80. The summed E-state index contributed by atoms with van der Waals surface area (Å²) in [4.78, 5) is 0. The summed E-state index contributed by atoms with van der Waals surface area (Å²) in [6.07, 6.45) is 1.31. The van der Waals surface area contributed by atoms with Crippen molar-refractivity contribution in [3.05, 3.63) is 12.8 Å². The number of hydrogen-bond donors (Lipinski definition) is 1. The van der Waals surface area contributed by atoms with Crippen LogP contribution in [-0.4, -0.2) is 17.3 Å². The molecule has 0 rings (SSSR count). The van der Waals surface area contributed by atoms with Gasteiger partial charge >= 0.3 is 0 Å². The average Bonchev–Trinajstić information content (AvgIpc) is 1.38. The van der Waals surface area contributed by atoms with Gasteiger partial charge in [-0.3, -0.25) is 10.3 Å². The van der Waals surface area contributed by atoms with Crippen molar-refractivity contribution in [2.24, 2.45) is 0 Å². The molecule has 0 radical (unpaired) electrons. The molecule has 0 bridgehead atoms. The van der Waals surface area contributed by atoms with Crippen LogP contribution in [-0.2, 0) is 0 Å². The highest BCUT2D eigenvalue weighted by Gasteiger charge is 1.64. The van der Waals surface area contributed by atoms with Crippen molar-refractivity contribution < 1.29 is 5.21 Å². The standard InChI is InChI=1S/C3H7NO/c1-3-4(2)5/h3,5H,1H2,2H3. The van der Waals surface area contributed by atoms with Crippen LogP contribution in [0.2, 0.25) is 0 Å². The SMILES string of the molecule is C=CN(C)O. The fourth-order valence-corrected chi connectivity index (χ4v) is 0. The Morgan fingerprint density at radius 1 is 2.00 bits per heavy atom. The zero-order valence-corrected chi connectivity index (χ0v) is 3.18. The van der Waals surface area contributed by atoms with E-state index in [1.165, 1.54) is 13.2 Å². The predicted octanol–water partition coefficient (Wildman–Crippen LogP) is 0.451. The van der Waals surface area contributed by atoms with Crippen LogP contribution in [0.1, 0.15) is 0 Å². The van der Waals surface area contributed by atoms with Gasteiger partial charge in [-0.15, -0.1) is 0 Å². The first-order valence-corrected chi connectivity index (χ1v) is 1.31. The van der Waals surface area contributed by atoms with E-state index in [4.69, 9.17) is 5.21 Å². The topological polar surface area (TPSA) is 23.5 Å². The summed E-state index contributed by atoms with van der Waals surface area (Å²) in [5.41, 5.74) is 0. The highest BCUT2D eigenvalue weighted by Crippen LogP contribution is 1.63. The second-order valence-electron chi connectivity index (χ2n) is 0.756. The molecule has 5 heavy (non-hydrogen) atoms. The van der Waals surface area contributed by atoms with Crippen molar-refractivity contribution in [2.45, 2.75) is 0 Å². The van der Waals surface area contributed by atoms with Gasteiger partial charge in [0.25, 0.3) is 0 Å². The molecule has 30 valence electrons. The minimum Gasteiger partial charge on any atom is -0.289 e. The van der Waals surface area contributed by atoms with Gasteiger partial charge in [-0.25, -0.2) is 0 Å².